The van der Waals surface area contributed by atoms with Crippen molar-refractivity contribution in [2.45, 2.75) is 243 Å². The van der Waals surface area contributed by atoms with E-state index in [4.69, 9.17) is 9.47 Å². The highest BCUT2D eigenvalue weighted by Gasteiger charge is 2.44. The fourth-order valence-corrected chi connectivity index (χ4v) is 7.10. The Balaban J connectivity index is 2.44. The van der Waals surface area contributed by atoms with E-state index in [0.29, 0.717) is 12.8 Å². The molecule has 10 nitrogen and oxygen atoms in total. The topological polar surface area (TPSA) is 169 Å². The lowest BCUT2D eigenvalue weighted by molar-refractivity contribution is -0.302. The molecule has 1 fully saturated rings. The minimum Gasteiger partial charge on any atom is -0.394 e. The third-order valence-electron chi connectivity index (χ3n) is 10.9. The van der Waals surface area contributed by atoms with Crippen molar-refractivity contribution in [3.63, 3.8) is 0 Å². The van der Waals surface area contributed by atoms with E-state index in [1.165, 1.54) is 122 Å². The van der Waals surface area contributed by atoms with E-state index in [0.717, 1.165) is 44.9 Å². The molecule has 1 heterocycles. The molecule has 0 aliphatic carbocycles. The summed E-state index contributed by atoms with van der Waals surface area (Å²) in [5, 5.41) is 64.6. The van der Waals surface area contributed by atoms with E-state index in [-0.39, 0.29) is 6.61 Å². The summed E-state index contributed by atoms with van der Waals surface area (Å²) in [7, 11) is 0. The molecule has 1 aliphatic heterocycles. The average Bonchev–Trinajstić information content (AvgIpc) is 3.18. The number of carbonyl (C=O) groups excluding carboxylic acids is 1. The molecule has 0 aromatic heterocycles. The van der Waals surface area contributed by atoms with Gasteiger partial charge >= 0.3 is 0 Å². The molecule has 0 saturated carbocycles. The van der Waals surface area contributed by atoms with Gasteiger partial charge in [0.05, 0.1) is 25.4 Å². The van der Waals surface area contributed by atoms with Crippen LogP contribution in [0.15, 0.2) is 24.3 Å². The third-order valence-corrected chi connectivity index (χ3v) is 10.9. The van der Waals surface area contributed by atoms with Crippen LogP contribution in [0.5, 0.6) is 0 Å². The Labute approximate surface area is 335 Å². The quantitative estimate of drug-likeness (QED) is 0.0243. The Kier molecular flexibility index (Phi) is 33.6. The molecule has 0 aromatic carbocycles. The van der Waals surface area contributed by atoms with Crippen molar-refractivity contribution >= 4 is 5.91 Å². The molecule has 0 aromatic rings. The molecular formula is C45H85NO9. The predicted octanol–water partition coefficient (Wildman–Crippen LogP) is 8.08. The van der Waals surface area contributed by atoms with Gasteiger partial charge in [0.15, 0.2) is 6.29 Å². The van der Waals surface area contributed by atoms with Gasteiger partial charge < -0.3 is 45.4 Å². The maximum atomic E-state index is 13.0. The van der Waals surface area contributed by atoms with Crippen LogP contribution in [0.4, 0.5) is 0 Å². The molecule has 7 N–H and O–H groups in total. The van der Waals surface area contributed by atoms with E-state index < -0.39 is 61.5 Å². The largest absolute Gasteiger partial charge is 0.394 e. The van der Waals surface area contributed by atoms with Crippen molar-refractivity contribution in [2.24, 2.45) is 0 Å². The van der Waals surface area contributed by atoms with E-state index in [1.807, 2.05) is 6.08 Å². The number of unbranched alkanes of at least 4 members (excludes halogenated alkanes) is 24. The zero-order chi connectivity index (χ0) is 40.4. The van der Waals surface area contributed by atoms with E-state index >= 15 is 0 Å². The number of ether oxygens (including phenoxy) is 2. The van der Waals surface area contributed by atoms with Crippen molar-refractivity contribution < 1.29 is 44.9 Å². The van der Waals surface area contributed by atoms with Gasteiger partial charge in [-0.05, 0) is 44.9 Å². The lowest BCUT2D eigenvalue weighted by Gasteiger charge is -2.40. The number of allylic oxidation sites excluding steroid dienone is 3. The first-order chi connectivity index (χ1) is 26.8. The minimum absolute atomic E-state index is 0.304. The normalized spacial score (nSPS) is 22.1. The Hall–Kier alpha value is -1.37. The van der Waals surface area contributed by atoms with Crippen LogP contribution in [0, 0.1) is 0 Å². The number of aliphatic hydroxyl groups is 6. The zero-order valence-electron chi connectivity index (χ0n) is 35.0. The first kappa shape index (κ1) is 51.6. The summed E-state index contributed by atoms with van der Waals surface area (Å²) in [6.45, 7) is 3.58. The second-order valence-electron chi connectivity index (χ2n) is 16.0. The number of aliphatic hydroxyl groups excluding tert-OH is 6. The summed E-state index contributed by atoms with van der Waals surface area (Å²) >= 11 is 0. The Bertz CT molecular complexity index is 932. The number of carbonyl (C=O) groups is 1. The van der Waals surface area contributed by atoms with Gasteiger partial charge in [0, 0.05) is 0 Å². The number of hydrogen-bond acceptors (Lipinski definition) is 9. The third kappa shape index (κ3) is 26.3. The molecular weight excluding hydrogens is 698 g/mol. The Morgan fingerprint density at radius 2 is 1.05 bits per heavy atom. The summed E-state index contributed by atoms with van der Waals surface area (Å²) in [6.07, 6.45) is 31.1. The van der Waals surface area contributed by atoms with Crippen LogP contribution in [0.3, 0.4) is 0 Å². The SMILES string of the molecule is CCCCCC/C=C\CCCCCCCCC(O)C(=O)NC(COC1OC(CO)C(O)C(O)C1O)C(O)/C=C/CCCCCCCCCCCCCCCC. The van der Waals surface area contributed by atoms with E-state index in [1.54, 1.807) is 6.08 Å². The van der Waals surface area contributed by atoms with Crippen LogP contribution >= 0.6 is 0 Å². The molecule has 55 heavy (non-hydrogen) atoms. The molecule has 10 heteroatoms. The number of rotatable bonds is 37. The number of nitrogens with one attached hydrogen (secondary N) is 1. The summed E-state index contributed by atoms with van der Waals surface area (Å²) in [5.41, 5.74) is 0. The van der Waals surface area contributed by atoms with E-state index in [2.05, 4.69) is 31.3 Å². The minimum atomic E-state index is -1.61. The summed E-state index contributed by atoms with van der Waals surface area (Å²) < 4.78 is 11.1. The zero-order valence-corrected chi connectivity index (χ0v) is 35.0. The highest BCUT2D eigenvalue weighted by Crippen LogP contribution is 2.23. The van der Waals surface area contributed by atoms with Crippen LogP contribution in [0.25, 0.3) is 0 Å². The van der Waals surface area contributed by atoms with Gasteiger partial charge in [-0.2, -0.15) is 0 Å². The van der Waals surface area contributed by atoms with Crippen molar-refractivity contribution in [3.05, 3.63) is 24.3 Å². The van der Waals surface area contributed by atoms with Gasteiger partial charge in [-0.25, -0.2) is 0 Å². The van der Waals surface area contributed by atoms with Crippen molar-refractivity contribution in [3.8, 4) is 0 Å². The predicted molar refractivity (Wildman–Crippen MR) is 223 cm³/mol. The summed E-state index contributed by atoms with van der Waals surface area (Å²) in [5.74, 6) is -0.622. The van der Waals surface area contributed by atoms with Crippen LogP contribution in [-0.4, -0.2) is 98.7 Å². The lowest BCUT2D eigenvalue weighted by atomic mass is 9.99. The Morgan fingerprint density at radius 1 is 0.618 bits per heavy atom. The highest BCUT2D eigenvalue weighted by atomic mass is 16.7. The first-order valence-corrected chi connectivity index (χ1v) is 22.7. The van der Waals surface area contributed by atoms with E-state index in [9.17, 15) is 35.4 Å². The molecule has 8 unspecified atom stereocenters. The van der Waals surface area contributed by atoms with Gasteiger partial charge in [-0.15, -0.1) is 0 Å². The summed E-state index contributed by atoms with van der Waals surface area (Å²) in [6, 6.07) is -0.979. The molecule has 1 saturated heterocycles. The molecule has 0 spiro atoms. The molecule has 8 atom stereocenters. The van der Waals surface area contributed by atoms with Crippen molar-refractivity contribution in [2.75, 3.05) is 13.2 Å². The fourth-order valence-electron chi connectivity index (χ4n) is 7.10. The number of hydrogen-bond donors (Lipinski definition) is 7. The molecule has 0 radical (unpaired) electrons. The van der Waals surface area contributed by atoms with Gasteiger partial charge in [-0.1, -0.05) is 173 Å². The first-order valence-electron chi connectivity index (χ1n) is 22.7. The van der Waals surface area contributed by atoms with Gasteiger partial charge in [0.1, 0.15) is 30.5 Å². The molecule has 324 valence electrons. The van der Waals surface area contributed by atoms with Crippen molar-refractivity contribution in [1.29, 1.82) is 0 Å². The maximum absolute atomic E-state index is 13.0. The monoisotopic (exact) mass is 784 g/mol. The lowest BCUT2D eigenvalue weighted by Crippen LogP contribution is -2.60. The van der Waals surface area contributed by atoms with Gasteiger partial charge in [-0.3, -0.25) is 4.79 Å². The second-order valence-corrected chi connectivity index (χ2v) is 16.0. The Morgan fingerprint density at radius 3 is 1.55 bits per heavy atom. The molecule has 1 rings (SSSR count). The molecule has 1 aliphatic rings. The van der Waals surface area contributed by atoms with Gasteiger partial charge in [0.25, 0.3) is 0 Å². The van der Waals surface area contributed by atoms with Crippen LogP contribution in [0.2, 0.25) is 0 Å². The number of amides is 1. The highest BCUT2D eigenvalue weighted by molar-refractivity contribution is 5.80. The fraction of sp³-hybridized carbons (Fsp3) is 0.889. The van der Waals surface area contributed by atoms with Crippen molar-refractivity contribution in [1.82, 2.24) is 5.32 Å². The smallest absolute Gasteiger partial charge is 0.249 e. The molecule has 0 bridgehead atoms. The van der Waals surface area contributed by atoms with Crippen LogP contribution in [0.1, 0.15) is 194 Å². The van der Waals surface area contributed by atoms with Gasteiger partial charge in [0.2, 0.25) is 5.91 Å². The molecule has 1 amide bonds. The van der Waals surface area contributed by atoms with Crippen LogP contribution in [-0.2, 0) is 14.3 Å². The van der Waals surface area contributed by atoms with Crippen LogP contribution < -0.4 is 5.32 Å². The average molecular weight is 784 g/mol. The maximum Gasteiger partial charge on any atom is 0.249 e. The summed E-state index contributed by atoms with van der Waals surface area (Å²) in [4.78, 5) is 13.0. The second kappa shape index (κ2) is 35.8. The standard InChI is InChI=1S/C45H85NO9/c1-3-5-7-9-11-13-15-17-19-20-22-23-25-27-29-31-33-38(48)37(36-54-45-43(52)42(51)41(50)40(35-47)55-45)46-44(53)39(49)34-32-30-28-26-24-21-18-16-14-12-10-8-6-4-2/h14,16,31,33,37-43,45,47-52H,3-13,15,17-30,32,34-36H2,1-2H3,(H,46,53)/b16-14-,33-31+.